The molecule has 164 valence electrons. The third-order valence-electron chi connectivity index (χ3n) is 6.54. The summed E-state index contributed by atoms with van der Waals surface area (Å²) < 4.78 is 26.6. The molecule has 0 amide bonds. The van der Waals surface area contributed by atoms with Crippen molar-refractivity contribution in [1.29, 1.82) is 0 Å². The Bertz CT molecular complexity index is 958. The standard InChI is InChI=1S/C25H27F2NO3/c1-15-14-20(29)10-11-21(15)24-22(12-13-23(30)16-2-4-17(26)5-3-16)25(31)28(24)19-8-6-18(27)7-9-19/h2-9,11,15,22-25,30-31H,10,12-14H2,1H3. The monoisotopic (exact) mass is 427 g/mol. The van der Waals surface area contributed by atoms with Gasteiger partial charge >= 0.3 is 0 Å². The first-order valence-electron chi connectivity index (χ1n) is 10.7. The van der Waals surface area contributed by atoms with Gasteiger partial charge in [-0.2, -0.15) is 0 Å². The molecule has 2 N–H and O–H groups in total. The number of allylic oxidation sites excluding steroid dienone is 1. The van der Waals surface area contributed by atoms with Crippen LogP contribution >= 0.6 is 0 Å². The molecule has 5 unspecified atom stereocenters. The molecule has 1 aliphatic heterocycles. The first-order chi connectivity index (χ1) is 14.8. The van der Waals surface area contributed by atoms with Crippen LogP contribution in [0.25, 0.3) is 0 Å². The fourth-order valence-electron chi connectivity index (χ4n) is 4.87. The minimum Gasteiger partial charge on any atom is -0.388 e. The second kappa shape index (κ2) is 8.89. The van der Waals surface area contributed by atoms with E-state index in [1.165, 1.54) is 24.3 Å². The average molecular weight is 427 g/mol. The lowest BCUT2D eigenvalue weighted by atomic mass is 9.71. The van der Waals surface area contributed by atoms with Crippen LogP contribution in [0, 0.1) is 23.5 Å². The van der Waals surface area contributed by atoms with Gasteiger partial charge in [0.05, 0.1) is 12.1 Å². The highest BCUT2D eigenvalue weighted by Gasteiger charge is 2.50. The molecule has 5 atom stereocenters. The van der Waals surface area contributed by atoms with E-state index >= 15 is 0 Å². The van der Waals surface area contributed by atoms with E-state index in [4.69, 9.17) is 0 Å². The number of carbonyl (C=O) groups excluding carboxylic acids is 1. The van der Waals surface area contributed by atoms with Crippen molar-refractivity contribution in [2.45, 2.75) is 51.0 Å². The number of ketones is 1. The molecule has 1 heterocycles. The maximum absolute atomic E-state index is 13.4. The molecule has 0 saturated carbocycles. The summed E-state index contributed by atoms with van der Waals surface area (Å²) in [6.07, 6.45) is 2.26. The van der Waals surface area contributed by atoms with Crippen molar-refractivity contribution in [3.8, 4) is 0 Å². The number of hydrogen-bond donors (Lipinski definition) is 2. The average Bonchev–Trinajstić information content (AvgIpc) is 2.74. The van der Waals surface area contributed by atoms with Crippen LogP contribution in [0.2, 0.25) is 0 Å². The van der Waals surface area contributed by atoms with E-state index in [1.54, 1.807) is 24.3 Å². The van der Waals surface area contributed by atoms with Crippen molar-refractivity contribution in [3.63, 3.8) is 0 Å². The van der Waals surface area contributed by atoms with E-state index in [-0.39, 0.29) is 35.3 Å². The van der Waals surface area contributed by atoms with Crippen LogP contribution in [0.5, 0.6) is 0 Å². The Hall–Kier alpha value is -2.57. The topological polar surface area (TPSA) is 60.8 Å². The van der Waals surface area contributed by atoms with Gasteiger partial charge in [-0.15, -0.1) is 0 Å². The number of aliphatic hydroxyl groups is 2. The number of nitrogens with zero attached hydrogens (tertiary/aromatic N) is 1. The van der Waals surface area contributed by atoms with Gasteiger partial charge < -0.3 is 15.1 Å². The molecule has 2 aliphatic rings. The van der Waals surface area contributed by atoms with Crippen LogP contribution < -0.4 is 4.90 Å². The van der Waals surface area contributed by atoms with Crippen LogP contribution in [0.3, 0.4) is 0 Å². The predicted molar refractivity (Wildman–Crippen MR) is 114 cm³/mol. The van der Waals surface area contributed by atoms with Crippen molar-refractivity contribution in [2.75, 3.05) is 4.90 Å². The second-order valence-electron chi connectivity index (χ2n) is 8.60. The number of hydrogen-bond acceptors (Lipinski definition) is 4. The maximum atomic E-state index is 13.4. The van der Waals surface area contributed by atoms with Crippen LogP contribution in [-0.4, -0.2) is 28.3 Å². The van der Waals surface area contributed by atoms with E-state index in [9.17, 15) is 23.8 Å². The van der Waals surface area contributed by atoms with E-state index in [1.807, 2.05) is 17.9 Å². The Morgan fingerprint density at radius 3 is 2.29 bits per heavy atom. The SMILES string of the molecule is CC1CC(=O)CC=C1C1C(CCC(O)c2ccc(F)cc2)C(O)N1c1ccc(F)cc1. The van der Waals surface area contributed by atoms with Gasteiger partial charge in [-0.25, -0.2) is 8.78 Å². The Labute approximate surface area is 180 Å². The molecule has 1 fully saturated rings. The summed E-state index contributed by atoms with van der Waals surface area (Å²) in [6, 6.07) is 11.7. The minimum absolute atomic E-state index is 0.0613. The largest absolute Gasteiger partial charge is 0.388 e. The van der Waals surface area contributed by atoms with Gasteiger partial charge in [0.25, 0.3) is 0 Å². The lowest BCUT2D eigenvalue weighted by Gasteiger charge is -2.56. The molecule has 31 heavy (non-hydrogen) atoms. The summed E-state index contributed by atoms with van der Waals surface area (Å²) in [5.41, 5.74) is 2.47. The summed E-state index contributed by atoms with van der Waals surface area (Å²) in [7, 11) is 0. The van der Waals surface area contributed by atoms with Gasteiger partial charge in [0.15, 0.2) is 0 Å². The maximum Gasteiger partial charge on any atom is 0.137 e. The molecular weight excluding hydrogens is 400 g/mol. The van der Waals surface area contributed by atoms with Crippen molar-refractivity contribution < 1.29 is 23.8 Å². The summed E-state index contributed by atoms with van der Waals surface area (Å²) in [5.74, 6) is -0.570. The number of carbonyl (C=O) groups is 1. The van der Waals surface area contributed by atoms with E-state index in [0.29, 0.717) is 31.2 Å². The molecule has 0 radical (unpaired) electrons. The van der Waals surface area contributed by atoms with Crippen LogP contribution in [0.4, 0.5) is 14.5 Å². The normalized spacial score (nSPS) is 26.9. The zero-order chi connectivity index (χ0) is 22.1. The number of rotatable bonds is 6. The first kappa shape index (κ1) is 21.7. The Balaban J connectivity index is 1.54. The highest BCUT2D eigenvalue weighted by molar-refractivity contribution is 5.82. The molecule has 1 saturated heterocycles. The smallest absolute Gasteiger partial charge is 0.137 e. The summed E-state index contributed by atoms with van der Waals surface area (Å²) in [5, 5.41) is 21.5. The zero-order valence-corrected chi connectivity index (χ0v) is 17.4. The second-order valence-corrected chi connectivity index (χ2v) is 8.60. The molecule has 2 aromatic carbocycles. The predicted octanol–water partition coefficient (Wildman–Crippen LogP) is 4.53. The summed E-state index contributed by atoms with van der Waals surface area (Å²) in [6.45, 7) is 2.01. The molecule has 4 nitrogen and oxygen atoms in total. The van der Waals surface area contributed by atoms with Crippen molar-refractivity contribution in [1.82, 2.24) is 0 Å². The molecule has 2 aromatic rings. The Morgan fingerprint density at radius 2 is 1.68 bits per heavy atom. The molecule has 0 bridgehead atoms. The van der Waals surface area contributed by atoms with Gasteiger partial charge in [0.1, 0.15) is 23.6 Å². The fraction of sp³-hybridized carbons (Fsp3) is 0.400. The highest BCUT2D eigenvalue weighted by Crippen LogP contribution is 2.46. The summed E-state index contributed by atoms with van der Waals surface area (Å²) in [4.78, 5) is 13.7. The van der Waals surface area contributed by atoms with E-state index in [0.717, 1.165) is 11.3 Å². The number of anilines is 1. The van der Waals surface area contributed by atoms with Crippen LogP contribution in [0.1, 0.15) is 44.3 Å². The molecular formula is C25H27F2NO3. The minimum atomic E-state index is -0.776. The quantitative estimate of drug-likeness (QED) is 0.665. The summed E-state index contributed by atoms with van der Waals surface area (Å²) >= 11 is 0. The lowest BCUT2D eigenvalue weighted by molar-refractivity contribution is -0.119. The van der Waals surface area contributed by atoms with Gasteiger partial charge in [-0.1, -0.05) is 25.1 Å². The van der Waals surface area contributed by atoms with Gasteiger partial charge in [0, 0.05) is 24.4 Å². The van der Waals surface area contributed by atoms with Gasteiger partial charge in [0.2, 0.25) is 0 Å². The van der Waals surface area contributed by atoms with Crippen LogP contribution in [-0.2, 0) is 4.79 Å². The number of halogens is 2. The van der Waals surface area contributed by atoms with Crippen molar-refractivity contribution >= 4 is 11.5 Å². The molecule has 1 aliphatic carbocycles. The van der Waals surface area contributed by atoms with E-state index in [2.05, 4.69) is 0 Å². The molecule has 4 rings (SSSR count). The fourth-order valence-corrected chi connectivity index (χ4v) is 4.87. The molecule has 0 spiro atoms. The molecule has 0 aromatic heterocycles. The number of Topliss-reactive ketones (excluding diaryl/α,β-unsaturated/α-hetero) is 1. The van der Waals surface area contributed by atoms with Gasteiger partial charge in [-0.05, 0) is 66.3 Å². The number of benzene rings is 2. The first-order valence-corrected chi connectivity index (χ1v) is 10.7. The van der Waals surface area contributed by atoms with Crippen molar-refractivity contribution in [3.05, 3.63) is 77.4 Å². The lowest BCUT2D eigenvalue weighted by Crippen LogP contribution is -2.65. The van der Waals surface area contributed by atoms with Crippen molar-refractivity contribution in [2.24, 2.45) is 11.8 Å². The van der Waals surface area contributed by atoms with Crippen LogP contribution in [0.15, 0.2) is 60.2 Å². The zero-order valence-electron chi connectivity index (χ0n) is 17.4. The Kier molecular flexibility index (Phi) is 6.21. The Morgan fingerprint density at radius 1 is 1.06 bits per heavy atom. The molecule has 6 heteroatoms. The third kappa shape index (κ3) is 4.41. The third-order valence-corrected chi connectivity index (χ3v) is 6.54. The highest BCUT2D eigenvalue weighted by atomic mass is 19.1. The van der Waals surface area contributed by atoms with E-state index < -0.39 is 12.3 Å². The number of aliphatic hydroxyl groups excluding tert-OH is 2. The van der Waals surface area contributed by atoms with Gasteiger partial charge in [-0.3, -0.25) is 4.79 Å².